The molecule has 0 aliphatic carbocycles. The van der Waals surface area contributed by atoms with Gasteiger partial charge in [0.15, 0.2) is 0 Å². The number of amides is 1. The van der Waals surface area contributed by atoms with E-state index in [1.54, 1.807) is 0 Å². The lowest BCUT2D eigenvalue weighted by atomic mass is 10.1. The first-order chi connectivity index (χ1) is 9.34. The van der Waals surface area contributed by atoms with Crippen molar-refractivity contribution in [2.75, 3.05) is 13.2 Å². The summed E-state index contributed by atoms with van der Waals surface area (Å²) in [6.07, 6.45) is 7.90. The van der Waals surface area contributed by atoms with Crippen molar-refractivity contribution in [2.24, 2.45) is 0 Å². The zero-order valence-corrected chi connectivity index (χ0v) is 11.6. The van der Waals surface area contributed by atoms with Crippen LogP contribution in [0.15, 0.2) is 30.3 Å². The molecule has 19 heavy (non-hydrogen) atoms. The number of hydrogen-bond donors (Lipinski definition) is 2. The Kier molecular flexibility index (Phi) is 8.73. The van der Waals surface area contributed by atoms with Crippen LogP contribution in [0.3, 0.4) is 0 Å². The fourth-order valence-electron chi connectivity index (χ4n) is 2.01. The first-order valence-electron chi connectivity index (χ1n) is 7.28. The van der Waals surface area contributed by atoms with Gasteiger partial charge >= 0.3 is 0 Å². The summed E-state index contributed by atoms with van der Waals surface area (Å²) >= 11 is 0. The lowest BCUT2D eigenvalue weighted by Gasteiger charge is -2.05. The number of rotatable bonds is 10. The van der Waals surface area contributed by atoms with Crippen molar-refractivity contribution in [3.8, 4) is 0 Å². The highest BCUT2D eigenvalue weighted by atomic mass is 16.2. The van der Waals surface area contributed by atoms with Gasteiger partial charge in [-0.2, -0.15) is 0 Å². The van der Waals surface area contributed by atoms with E-state index in [9.17, 15) is 4.79 Å². The average Bonchev–Trinajstić information content (AvgIpc) is 2.46. The molecule has 1 aromatic carbocycles. The van der Waals surface area contributed by atoms with Gasteiger partial charge in [-0.25, -0.2) is 0 Å². The van der Waals surface area contributed by atoms with Gasteiger partial charge in [0.05, 0.1) is 0 Å². The van der Waals surface area contributed by atoms with Crippen molar-refractivity contribution in [1.29, 1.82) is 0 Å². The molecular weight excluding hydrogens is 238 g/mol. The van der Waals surface area contributed by atoms with Gasteiger partial charge in [-0.15, -0.1) is 0 Å². The molecule has 1 aromatic rings. The van der Waals surface area contributed by atoms with E-state index in [-0.39, 0.29) is 5.91 Å². The first-order valence-corrected chi connectivity index (χ1v) is 7.28. The van der Waals surface area contributed by atoms with Gasteiger partial charge in [-0.3, -0.25) is 4.79 Å². The Labute approximate surface area is 116 Å². The fraction of sp³-hybridized carbons (Fsp3) is 0.562. The van der Waals surface area contributed by atoms with Crippen molar-refractivity contribution in [1.82, 2.24) is 5.32 Å². The Bertz CT molecular complexity index is 338. The van der Waals surface area contributed by atoms with Crippen LogP contribution in [-0.4, -0.2) is 24.2 Å². The van der Waals surface area contributed by atoms with Crippen LogP contribution < -0.4 is 5.32 Å². The Morgan fingerprint density at radius 1 is 0.895 bits per heavy atom. The van der Waals surface area contributed by atoms with Gasteiger partial charge in [0, 0.05) is 18.7 Å². The van der Waals surface area contributed by atoms with Crippen molar-refractivity contribution >= 4 is 5.91 Å². The minimum atomic E-state index is 0.0172. The largest absolute Gasteiger partial charge is 0.396 e. The molecule has 0 aliphatic heterocycles. The number of carbonyl (C=O) groups is 1. The van der Waals surface area contributed by atoms with Crippen molar-refractivity contribution in [2.45, 2.75) is 44.9 Å². The van der Waals surface area contributed by atoms with E-state index in [0.29, 0.717) is 6.61 Å². The summed E-state index contributed by atoms with van der Waals surface area (Å²) in [6, 6.07) is 9.32. The Hall–Kier alpha value is -1.35. The van der Waals surface area contributed by atoms with Crippen LogP contribution >= 0.6 is 0 Å². The van der Waals surface area contributed by atoms with Gasteiger partial charge in [-0.05, 0) is 25.0 Å². The van der Waals surface area contributed by atoms with Gasteiger partial charge < -0.3 is 10.4 Å². The zero-order valence-electron chi connectivity index (χ0n) is 11.6. The van der Waals surface area contributed by atoms with E-state index in [1.807, 2.05) is 30.3 Å². The van der Waals surface area contributed by atoms with Crippen LogP contribution in [0.5, 0.6) is 0 Å². The number of nitrogens with one attached hydrogen (secondary N) is 1. The average molecular weight is 263 g/mol. The molecule has 0 aliphatic rings. The molecule has 0 spiro atoms. The number of benzene rings is 1. The highest BCUT2D eigenvalue weighted by Crippen LogP contribution is 2.06. The summed E-state index contributed by atoms with van der Waals surface area (Å²) in [5.41, 5.74) is 0.728. The quantitative estimate of drug-likeness (QED) is 0.637. The predicted molar refractivity (Wildman–Crippen MR) is 78.2 cm³/mol. The fourth-order valence-corrected chi connectivity index (χ4v) is 2.01. The SMILES string of the molecule is O=C(NCCCCCCCCCO)c1ccccc1. The summed E-state index contributed by atoms with van der Waals surface area (Å²) in [7, 11) is 0. The van der Waals surface area contributed by atoms with Gasteiger partial charge in [-0.1, -0.05) is 50.3 Å². The molecule has 0 radical (unpaired) electrons. The van der Waals surface area contributed by atoms with Crippen molar-refractivity contribution < 1.29 is 9.90 Å². The highest BCUT2D eigenvalue weighted by Gasteiger charge is 2.02. The monoisotopic (exact) mass is 263 g/mol. The molecule has 106 valence electrons. The summed E-state index contributed by atoms with van der Waals surface area (Å²) in [6.45, 7) is 1.07. The molecular formula is C16H25NO2. The van der Waals surface area contributed by atoms with Crippen LogP contribution in [-0.2, 0) is 0 Å². The molecule has 0 bridgehead atoms. The van der Waals surface area contributed by atoms with Crippen LogP contribution in [0.1, 0.15) is 55.3 Å². The van der Waals surface area contributed by atoms with Gasteiger partial charge in [0.2, 0.25) is 0 Å². The minimum absolute atomic E-state index is 0.0172. The number of unbranched alkanes of at least 4 members (excludes halogenated alkanes) is 6. The van der Waals surface area contributed by atoms with E-state index < -0.39 is 0 Å². The molecule has 0 unspecified atom stereocenters. The molecule has 3 nitrogen and oxygen atoms in total. The third-order valence-corrected chi connectivity index (χ3v) is 3.16. The first kappa shape index (κ1) is 15.7. The molecule has 2 N–H and O–H groups in total. The second kappa shape index (κ2) is 10.6. The van der Waals surface area contributed by atoms with E-state index in [1.165, 1.54) is 19.3 Å². The van der Waals surface area contributed by atoms with Crippen molar-refractivity contribution in [3.63, 3.8) is 0 Å². The van der Waals surface area contributed by atoms with Crippen LogP contribution in [0, 0.1) is 0 Å². The molecule has 0 saturated heterocycles. The predicted octanol–water partition coefficient (Wildman–Crippen LogP) is 3.14. The third-order valence-electron chi connectivity index (χ3n) is 3.16. The summed E-state index contributed by atoms with van der Waals surface area (Å²) in [4.78, 5) is 11.7. The van der Waals surface area contributed by atoms with E-state index in [0.717, 1.165) is 37.8 Å². The van der Waals surface area contributed by atoms with Crippen LogP contribution in [0.25, 0.3) is 0 Å². The Morgan fingerprint density at radius 2 is 1.47 bits per heavy atom. The maximum Gasteiger partial charge on any atom is 0.251 e. The standard InChI is InChI=1S/C16H25NO2/c18-14-10-5-3-1-2-4-9-13-17-16(19)15-11-7-6-8-12-15/h6-8,11-12,18H,1-5,9-10,13-14H2,(H,17,19). The van der Waals surface area contributed by atoms with Crippen LogP contribution in [0.4, 0.5) is 0 Å². The van der Waals surface area contributed by atoms with Crippen molar-refractivity contribution in [3.05, 3.63) is 35.9 Å². The minimum Gasteiger partial charge on any atom is -0.396 e. The Morgan fingerprint density at radius 3 is 2.11 bits per heavy atom. The number of aliphatic hydroxyl groups excluding tert-OH is 1. The summed E-state index contributed by atoms with van der Waals surface area (Å²) < 4.78 is 0. The maximum absolute atomic E-state index is 11.7. The second-order valence-electron chi connectivity index (χ2n) is 4.82. The maximum atomic E-state index is 11.7. The number of aliphatic hydroxyl groups is 1. The molecule has 0 heterocycles. The summed E-state index contributed by atoms with van der Waals surface area (Å²) in [5, 5.41) is 11.6. The van der Waals surface area contributed by atoms with Gasteiger partial charge in [0.25, 0.3) is 5.91 Å². The molecule has 0 fully saturated rings. The molecule has 0 aromatic heterocycles. The normalized spacial score (nSPS) is 10.4. The molecule has 0 atom stereocenters. The second-order valence-corrected chi connectivity index (χ2v) is 4.82. The summed E-state index contributed by atoms with van der Waals surface area (Å²) in [5.74, 6) is 0.0172. The Balaban J connectivity index is 1.95. The zero-order chi connectivity index (χ0) is 13.8. The molecule has 1 amide bonds. The lowest BCUT2D eigenvalue weighted by Crippen LogP contribution is -2.24. The molecule has 3 heteroatoms. The van der Waals surface area contributed by atoms with Crippen LogP contribution in [0.2, 0.25) is 0 Å². The molecule has 1 rings (SSSR count). The van der Waals surface area contributed by atoms with E-state index >= 15 is 0 Å². The number of carbonyl (C=O) groups excluding carboxylic acids is 1. The smallest absolute Gasteiger partial charge is 0.251 e. The lowest BCUT2D eigenvalue weighted by molar-refractivity contribution is 0.0953. The molecule has 0 saturated carbocycles. The van der Waals surface area contributed by atoms with E-state index in [2.05, 4.69) is 5.32 Å². The highest BCUT2D eigenvalue weighted by molar-refractivity contribution is 5.94. The third kappa shape index (κ3) is 7.62. The van der Waals surface area contributed by atoms with E-state index in [4.69, 9.17) is 5.11 Å². The number of hydrogen-bond acceptors (Lipinski definition) is 2. The van der Waals surface area contributed by atoms with Gasteiger partial charge in [0.1, 0.15) is 0 Å². The topological polar surface area (TPSA) is 49.3 Å².